The SMILES string of the molecule is C=C1C(=N)C=Cc2ccccc21. The first kappa shape index (κ1) is 7.04. The zero-order valence-electron chi connectivity index (χ0n) is 6.67. The molecule has 0 radical (unpaired) electrons. The van der Waals surface area contributed by atoms with Crippen molar-refractivity contribution in [1.29, 1.82) is 5.41 Å². The van der Waals surface area contributed by atoms with Crippen LogP contribution in [0.5, 0.6) is 0 Å². The van der Waals surface area contributed by atoms with Crippen LogP contribution in [0.15, 0.2) is 36.9 Å². The van der Waals surface area contributed by atoms with E-state index in [1.807, 2.05) is 30.3 Å². The van der Waals surface area contributed by atoms with Gasteiger partial charge in [0, 0.05) is 5.57 Å². The lowest BCUT2D eigenvalue weighted by Gasteiger charge is -2.12. The maximum atomic E-state index is 7.54. The second-order valence-electron chi connectivity index (χ2n) is 2.81. The van der Waals surface area contributed by atoms with Crippen LogP contribution in [0.25, 0.3) is 11.6 Å². The Morgan fingerprint density at radius 3 is 2.67 bits per heavy atom. The molecule has 2 rings (SSSR count). The molecule has 0 saturated heterocycles. The molecule has 0 aromatic heterocycles. The van der Waals surface area contributed by atoms with E-state index in [0.29, 0.717) is 5.71 Å². The Labute approximate surface area is 71.6 Å². The summed E-state index contributed by atoms with van der Waals surface area (Å²) in [5.41, 5.74) is 3.55. The molecule has 1 aliphatic rings. The highest BCUT2D eigenvalue weighted by Gasteiger charge is 2.10. The largest absolute Gasteiger partial charge is 0.300 e. The standard InChI is InChI=1S/C11H9N/c1-8-10-5-3-2-4-9(10)6-7-11(8)12/h2-7,12H,1H2. The third-order valence-electron chi connectivity index (χ3n) is 2.04. The molecular formula is C11H9N. The zero-order chi connectivity index (χ0) is 8.55. The molecule has 0 spiro atoms. The molecule has 0 saturated carbocycles. The second kappa shape index (κ2) is 2.45. The summed E-state index contributed by atoms with van der Waals surface area (Å²) < 4.78 is 0. The van der Waals surface area contributed by atoms with E-state index in [4.69, 9.17) is 5.41 Å². The van der Waals surface area contributed by atoms with E-state index in [0.717, 1.165) is 16.7 Å². The van der Waals surface area contributed by atoms with Crippen LogP contribution in [-0.4, -0.2) is 5.71 Å². The van der Waals surface area contributed by atoms with Gasteiger partial charge in [0.2, 0.25) is 0 Å². The lowest BCUT2D eigenvalue weighted by molar-refractivity contribution is 1.50. The molecule has 1 nitrogen and oxygen atoms in total. The van der Waals surface area contributed by atoms with Gasteiger partial charge in [-0.3, -0.25) is 0 Å². The molecular weight excluding hydrogens is 146 g/mol. The lowest BCUT2D eigenvalue weighted by atomic mass is 9.92. The molecule has 1 N–H and O–H groups in total. The first-order chi connectivity index (χ1) is 5.79. The van der Waals surface area contributed by atoms with E-state index in [1.165, 1.54) is 0 Å². The van der Waals surface area contributed by atoms with E-state index in [2.05, 4.69) is 6.58 Å². The van der Waals surface area contributed by atoms with Gasteiger partial charge in [0.15, 0.2) is 0 Å². The van der Waals surface area contributed by atoms with Crippen molar-refractivity contribution in [3.63, 3.8) is 0 Å². The molecule has 0 atom stereocenters. The fourth-order valence-electron chi connectivity index (χ4n) is 1.34. The van der Waals surface area contributed by atoms with E-state index in [-0.39, 0.29) is 0 Å². The third-order valence-corrected chi connectivity index (χ3v) is 2.04. The van der Waals surface area contributed by atoms with Gasteiger partial charge in [0.25, 0.3) is 0 Å². The number of hydrogen-bond acceptors (Lipinski definition) is 1. The third kappa shape index (κ3) is 0.909. The summed E-state index contributed by atoms with van der Waals surface area (Å²) in [7, 11) is 0. The topological polar surface area (TPSA) is 23.9 Å². The molecule has 12 heavy (non-hydrogen) atoms. The summed E-state index contributed by atoms with van der Waals surface area (Å²) >= 11 is 0. The van der Waals surface area contributed by atoms with Crippen molar-refractivity contribution in [2.75, 3.05) is 0 Å². The second-order valence-corrected chi connectivity index (χ2v) is 2.81. The Bertz CT molecular complexity index is 386. The molecule has 0 unspecified atom stereocenters. The van der Waals surface area contributed by atoms with E-state index < -0.39 is 0 Å². The highest BCUT2D eigenvalue weighted by molar-refractivity contribution is 6.30. The van der Waals surface area contributed by atoms with Crippen LogP contribution in [0.4, 0.5) is 0 Å². The molecule has 0 fully saturated rings. The summed E-state index contributed by atoms with van der Waals surface area (Å²) in [4.78, 5) is 0. The van der Waals surface area contributed by atoms with Gasteiger partial charge in [-0.1, -0.05) is 36.9 Å². The normalized spacial score (nSPS) is 14.7. The Balaban J connectivity index is 2.67. The Hall–Kier alpha value is -1.63. The average Bonchev–Trinajstić information content (AvgIpc) is 2.12. The number of rotatable bonds is 0. The maximum absolute atomic E-state index is 7.54. The van der Waals surface area contributed by atoms with Crippen LogP contribution in [0.2, 0.25) is 0 Å². The summed E-state index contributed by atoms with van der Waals surface area (Å²) in [6, 6.07) is 7.99. The number of hydrogen-bond donors (Lipinski definition) is 1. The monoisotopic (exact) mass is 155 g/mol. The van der Waals surface area contributed by atoms with Gasteiger partial charge in [-0.2, -0.15) is 0 Å². The predicted molar refractivity (Wildman–Crippen MR) is 52.2 cm³/mol. The number of nitrogens with one attached hydrogen (secondary N) is 1. The minimum Gasteiger partial charge on any atom is -0.300 e. The number of allylic oxidation sites excluding steroid dienone is 2. The van der Waals surface area contributed by atoms with Crippen LogP contribution >= 0.6 is 0 Å². The van der Waals surface area contributed by atoms with Gasteiger partial charge in [0.1, 0.15) is 0 Å². The Morgan fingerprint density at radius 1 is 1.08 bits per heavy atom. The van der Waals surface area contributed by atoms with Gasteiger partial charge >= 0.3 is 0 Å². The minimum atomic E-state index is 0.508. The highest BCUT2D eigenvalue weighted by Crippen LogP contribution is 2.24. The molecule has 1 heteroatoms. The quantitative estimate of drug-likeness (QED) is 0.595. The van der Waals surface area contributed by atoms with Crippen LogP contribution in [0.3, 0.4) is 0 Å². The summed E-state index contributed by atoms with van der Waals surface area (Å²) in [5, 5.41) is 7.54. The molecule has 1 aromatic rings. The van der Waals surface area contributed by atoms with Crippen molar-refractivity contribution >= 4 is 17.4 Å². The summed E-state index contributed by atoms with van der Waals surface area (Å²) in [6.45, 7) is 3.86. The average molecular weight is 155 g/mol. The summed E-state index contributed by atoms with van der Waals surface area (Å²) in [6.07, 6.45) is 3.73. The molecule has 0 bridgehead atoms. The first-order valence-corrected chi connectivity index (χ1v) is 3.84. The van der Waals surface area contributed by atoms with Gasteiger partial charge in [-0.05, 0) is 17.2 Å². The molecule has 1 aromatic carbocycles. The maximum Gasteiger partial charge on any atom is 0.0612 e. The predicted octanol–water partition coefficient (Wildman–Crippen LogP) is 2.75. The van der Waals surface area contributed by atoms with Gasteiger partial charge in [-0.15, -0.1) is 0 Å². The molecule has 58 valence electrons. The van der Waals surface area contributed by atoms with Crippen molar-refractivity contribution < 1.29 is 0 Å². The van der Waals surface area contributed by atoms with Crippen LogP contribution < -0.4 is 0 Å². The van der Waals surface area contributed by atoms with Crippen LogP contribution in [-0.2, 0) is 0 Å². The molecule has 0 heterocycles. The Kier molecular flexibility index (Phi) is 1.44. The van der Waals surface area contributed by atoms with Gasteiger partial charge in [-0.25, -0.2) is 0 Å². The van der Waals surface area contributed by atoms with Crippen molar-refractivity contribution in [2.45, 2.75) is 0 Å². The van der Waals surface area contributed by atoms with Crippen molar-refractivity contribution in [1.82, 2.24) is 0 Å². The van der Waals surface area contributed by atoms with Crippen LogP contribution in [0.1, 0.15) is 11.1 Å². The van der Waals surface area contributed by atoms with E-state index in [9.17, 15) is 0 Å². The highest BCUT2D eigenvalue weighted by atomic mass is 14.4. The number of fused-ring (bicyclic) bond motifs is 1. The smallest absolute Gasteiger partial charge is 0.0612 e. The van der Waals surface area contributed by atoms with E-state index in [1.54, 1.807) is 6.08 Å². The molecule has 0 aliphatic heterocycles. The Morgan fingerprint density at radius 2 is 1.83 bits per heavy atom. The lowest BCUT2D eigenvalue weighted by Crippen LogP contribution is -2.01. The van der Waals surface area contributed by atoms with Crippen molar-refractivity contribution in [3.8, 4) is 0 Å². The fraction of sp³-hybridized carbons (Fsp3) is 0. The molecule has 0 amide bonds. The van der Waals surface area contributed by atoms with Gasteiger partial charge in [0.05, 0.1) is 5.71 Å². The van der Waals surface area contributed by atoms with E-state index >= 15 is 0 Å². The van der Waals surface area contributed by atoms with Crippen molar-refractivity contribution in [2.24, 2.45) is 0 Å². The fourth-order valence-corrected chi connectivity index (χ4v) is 1.34. The van der Waals surface area contributed by atoms with Crippen molar-refractivity contribution in [3.05, 3.63) is 48.0 Å². The molecule has 1 aliphatic carbocycles. The first-order valence-electron chi connectivity index (χ1n) is 3.84. The van der Waals surface area contributed by atoms with Crippen LogP contribution in [0, 0.1) is 5.41 Å². The van der Waals surface area contributed by atoms with Gasteiger partial charge < -0.3 is 5.41 Å². The minimum absolute atomic E-state index is 0.508. The summed E-state index contributed by atoms with van der Waals surface area (Å²) in [5.74, 6) is 0. The zero-order valence-corrected chi connectivity index (χ0v) is 6.67. The number of benzene rings is 1.